The number of sulfone groups is 1. The SMILES string of the molecule is Cc1ccc([C@@H](C)NC(=O)COC(=O)c2ccc(S(C)(=O)=O)cc2)cc1C. The van der Waals surface area contributed by atoms with E-state index in [1.165, 1.54) is 29.8 Å². The fourth-order valence-corrected chi connectivity index (χ4v) is 3.08. The molecule has 0 saturated carbocycles. The average molecular weight is 389 g/mol. The zero-order chi connectivity index (χ0) is 20.2. The summed E-state index contributed by atoms with van der Waals surface area (Å²) in [5.74, 6) is -1.11. The molecule has 2 aromatic carbocycles. The van der Waals surface area contributed by atoms with Gasteiger partial charge in [0.2, 0.25) is 0 Å². The molecule has 0 saturated heterocycles. The van der Waals surface area contributed by atoms with E-state index in [-0.39, 0.29) is 16.5 Å². The first-order chi connectivity index (χ1) is 12.6. The lowest BCUT2D eigenvalue weighted by Crippen LogP contribution is -2.31. The van der Waals surface area contributed by atoms with E-state index in [2.05, 4.69) is 5.32 Å². The summed E-state index contributed by atoms with van der Waals surface area (Å²) in [5, 5.41) is 2.78. The third-order valence-corrected chi connectivity index (χ3v) is 5.39. The van der Waals surface area contributed by atoms with Crippen LogP contribution in [0.5, 0.6) is 0 Å². The first-order valence-electron chi connectivity index (χ1n) is 8.41. The maximum atomic E-state index is 12.0. The van der Waals surface area contributed by atoms with Gasteiger partial charge in [0.1, 0.15) is 0 Å². The molecule has 7 heteroatoms. The van der Waals surface area contributed by atoms with Gasteiger partial charge in [-0.25, -0.2) is 13.2 Å². The maximum absolute atomic E-state index is 12.0. The Labute approximate surface area is 159 Å². The molecule has 1 amide bonds. The average Bonchev–Trinajstić information content (AvgIpc) is 2.61. The van der Waals surface area contributed by atoms with Crippen molar-refractivity contribution in [1.29, 1.82) is 0 Å². The Kier molecular flexibility index (Phi) is 6.38. The molecule has 27 heavy (non-hydrogen) atoms. The summed E-state index contributed by atoms with van der Waals surface area (Å²) in [6.07, 6.45) is 1.08. The van der Waals surface area contributed by atoms with Crippen molar-refractivity contribution in [2.75, 3.05) is 12.9 Å². The highest BCUT2D eigenvalue weighted by atomic mass is 32.2. The van der Waals surface area contributed by atoms with Crippen molar-refractivity contribution in [1.82, 2.24) is 5.32 Å². The normalized spacial score (nSPS) is 12.3. The smallest absolute Gasteiger partial charge is 0.338 e. The fourth-order valence-electron chi connectivity index (χ4n) is 2.45. The van der Waals surface area contributed by atoms with Gasteiger partial charge < -0.3 is 10.1 Å². The number of carbonyl (C=O) groups is 2. The van der Waals surface area contributed by atoms with E-state index < -0.39 is 28.3 Å². The molecule has 0 aromatic heterocycles. The van der Waals surface area contributed by atoms with Gasteiger partial charge in [-0.15, -0.1) is 0 Å². The van der Waals surface area contributed by atoms with E-state index in [1.54, 1.807) is 0 Å². The van der Waals surface area contributed by atoms with E-state index >= 15 is 0 Å². The number of carbonyl (C=O) groups excluding carboxylic acids is 2. The van der Waals surface area contributed by atoms with Crippen LogP contribution in [0.15, 0.2) is 47.4 Å². The van der Waals surface area contributed by atoms with Gasteiger partial charge in [0.05, 0.1) is 16.5 Å². The first-order valence-corrected chi connectivity index (χ1v) is 10.3. The van der Waals surface area contributed by atoms with E-state index in [4.69, 9.17) is 4.74 Å². The van der Waals surface area contributed by atoms with Gasteiger partial charge in [-0.05, 0) is 61.7 Å². The zero-order valence-corrected chi connectivity index (χ0v) is 16.6. The van der Waals surface area contributed by atoms with E-state index in [0.717, 1.165) is 17.4 Å². The minimum absolute atomic E-state index is 0.110. The van der Waals surface area contributed by atoms with Gasteiger partial charge in [0.15, 0.2) is 16.4 Å². The third kappa shape index (κ3) is 5.65. The van der Waals surface area contributed by atoms with E-state index in [1.807, 2.05) is 39.0 Å². The molecule has 0 radical (unpaired) electrons. The predicted octanol–water partition coefficient (Wildman–Crippen LogP) is 2.74. The molecule has 1 atom stereocenters. The van der Waals surface area contributed by atoms with Crippen LogP contribution in [-0.2, 0) is 19.4 Å². The second kappa shape index (κ2) is 8.35. The second-order valence-electron chi connectivity index (χ2n) is 6.51. The quantitative estimate of drug-likeness (QED) is 0.768. The molecular weight excluding hydrogens is 366 g/mol. The molecule has 0 heterocycles. The minimum Gasteiger partial charge on any atom is -0.452 e. The van der Waals surface area contributed by atoms with E-state index in [9.17, 15) is 18.0 Å². The van der Waals surface area contributed by atoms with Crippen molar-refractivity contribution in [2.24, 2.45) is 0 Å². The molecule has 144 valence electrons. The maximum Gasteiger partial charge on any atom is 0.338 e. The highest BCUT2D eigenvalue weighted by Gasteiger charge is 2.14. The topological polar surface area (TPSA) is 89.5 Å². The van der Waals surface area contributed by atoms with Gasteiger partial charge in [0, 0.05) is 6.26 Å². The third-order valence-electron chi connectivity index (χ3n) is 4.26. The van der Waals surface area contributed by atoms with Crippen LogP contribution in [-0.4, -0.2) is 33.2 Å². The van der Waals surface area contributed by atoms with Crippen LogP contribution in [0, 0.1) is 13.8 Å². The van der Waals surface area contributed by atoms with Crippen molar-refractivity contribution >= 4 is 21.7 Å². The van der Waals surface area contributed by atoms with Crippen molar-refractivity contribution in [3.8, 4) is 0 Å². The Morgan fingerprint density at radius 3 is 2.22 bits per heavy atom. The summed E-state index contributed by atoms with van der Waals surface area (Å²) >= 11 is 0. The predicted molar refractivity (Wildman–Crippen MR) is 102 cm³/mol. The van der Waals surface area contributed by atoms with Gasteiger partial charge >= 0.3 is 5.97 Å². The Morgan fingerprint density at radius 1 is 1.04 bits per heavy atom. The molecule has 2 aromatic rings. The standard InChI is InChI=1S/C20H23NO5S/c1-13-5-6-17(11-14(13)2)15(3)21-19(22)12-26-20(23)16-7-9-18(10-8-16)27(4,24)25/h5-11,15H,12H2,1-4H3,(H,21,22)/t15-/m1/s1. The number of nitrogens with one attached hydrogen (secondary N) is 1. The highest BCUT2D eigenvalue weighted by Crippen LogP contribution is 2.16. The van der Waals surface area contributed by atoms with Crippen molar-refractivity contribution in [3.63, 3.8) is 0 Å². The van der Waals surface area contributed by atoms with Crippen molar-refractivity contribution in [3.05, 3.63) is 64.7 Å². The second-order valence-corrected chi connectivity index (χ2v) is 8.52. The molecule has 0 unspecified atom stereocenters. The van der Waals surface area contributed by atoms with Crippen molar-refractivity contribution in [2.45, 2.75) is 31.7 Å². The number of hydrogen-bond acceptors (Lipinski definition) is 5. The summed E-state index contributed by atoms with van der Waals surface area (Å²) in [7, 11) is -3.33. The summed E-state index contributed by atoms with van der Waals surface area (Å²) < 4.78 is 27.8. The number of amides is 1. The molecular formula is C20H23NO5S. The fraction of sp³-hybridized carbons (Fsp3) is 0.300. The van der Waals surface area contributed by atoms with Crippen LogP contribution < -0.4 is 5.32 Å². The van der Waals surface area contributed by atoms with Crippen LogP contribution in [0.1, 0.15) is 40.0 Å². The molecule has 0 aliphatic heterocycles. The Balaban J connectivity index is 1.90. The molecule has 1 N–H and O–H groups in total. The molecule has 0 fully saturated rings. The number of esters is 1. The van der Waals surface area contributed by atoms with Crippen LogP contribution in [0.4, 0.5) is 0 Å². The van der Waals surface area contributed by atoms with Crippen LogP contribution in [0.25, 0.3) is 0 Å². The number of ether oxygens (including phenoxy) is 1. The first kappa shape index (κ1) is 20.6. The number of aryl methyl sites for hydroxylation is 2. The van der Waals surface area contributed by atoms with Crippen LogP contribution in [0.3, 0.4) is 0 Å². The molecule has 6 nitrogen and oxygen atoms in total. The van der Waals surface area contributed by atoms with Crippen molar-refractivity contribution < 1.29 is 22.7 Å². The lowest BCUT2D eigenvalue weighted by Gasteiger charge is -2.15. The molecule has 0 aliphatic carbocycles. The molecule has 0 bridgehead atoms. The Bertz CT molecular complexity index is 949. The minimum atomic E-state index is -3.33. The molecule has 0 spiro atoms. The number of rotatable bonds is 6. The van der Waals surface area contributed by atoms with Gasteiger partial charge in [-0.1, -0.05) is 18.2 Å². The molecule has 0 aliphatic rings. The lowest BCUT2D eigenvalue weighted by atomic mass is 10.0. The summed E-state index contributed by atoms with van der Waals surface area (Å²) in [6, 6.07) is 11.1. The number of hydrogen-bond donors (Lipinski definition) is 1. The Hall–Kier alpha value is -2.67. The zero-order valence-electron chi connectivity index (χ0n) is 15.8. The van der Waals surface area contributed by atoms with Gasteiger partial charge in [-0.3, -0.25) is 4.79 Å². The lowest BCUT2D eigenvalue weighted by molar-refractivity contribution is -0.124. The van der Waals surface area contributed by atoms with Gasteiger partial charge in [-0.2, -0.15) is 0 Å². The van der Waals surface area contributed by atoms with Crippen LogP contribution >= 0.6 is 0 Å². The Morgan fingerprint density at radius 2 is 1.67 bits per heavy atom. The largest absolute Gasteiger partial charge is 0.452 e. The highest BCUT2D eigenvalue weighted by molar-refractivity contribution is 7.90. The molecule has 2 rings (SSSR count). The number of benzene rings is 2. The summed E-state index contributed by atoms with van der Waals surface area (Å²) in [6.45, 7) is 5.46. The summed E-state index contributed by atoms with van der Waals surface area (Å²) in [4.78, 5) is 24.1. The van der Waals surface area contributed by atoms with Crippen LogP contribution in [0.2, 0.25) is 0 Å². The monoisotopic (exact) mass is 389 g/mol. The summed E-state index contributed by atoms with van der Waals surface area (Å²) in [5.41, 5.74) is 3.46. The van der Waals surface area contributed by atoms with Gasteiger partial charge in [0.25, 0.3) is 5.91 Å². The van der Waals surface area contributed by atoms with E-state index in [0.29, 0.717) is 0 Å².